The Morgan fingerprint density at radius 2 is 1.79 bits per heavy atom. The SMILES string of the molecule is N#Cc1c(F)cccc1NC(=O)c1ccc(F)cc1. The fraction of sp³-hybridized carbons (Fsp3) is 0. The fourth-order valence-electron chi connectivity index (χ4n) is 1.54. The molecule has 0 aliphatic rings. The molecule has 0 aliphatic heterocycles. The summed E-state index contributed by atoms with van der Waals surface area (Å²) in [4.78, 5) is 11.8. The number of carbonyl (C=O) groups is 1. The van der Waals surface area contributed by atoms with Gasteiger partial charge in [-0.05, 0) is 36.4 Å². The molecule has 0 aromatic heterocycles. The van der Waals surface area contributed by atoms with Crippen molar-refractivity contribution in [3.05, 3.63) is 65.2 Å². The van der Waals surface area contributed by atoms with Crippen molar-refractivity contribution >= 4 is 11.6 Å². The lowest BCUT2D eigenvalue weighted by atomic mass is 10.1. The summed E-state index contributed by atoms with van der Waals surface area (Å²) in [7, 11) is 0. The zero-order chi connectivity index (χ0) is 13.8. The van der Waals surface area contributed by atoms with E-state index >= 15 is 0 Å². The quantitative estimate of drug-likeness (QED) is 0.899. The van der Waals surface area contributed by atoms with E-state index in [0.29, 0.717) is 0 Å². The van der Waals surface area contributed by atoms with Crippen LogP contribution in [0.15, 0.2) is 42.5 Å². The summed E-state index contributed by atoms with van der Waals surface area (Å²) in [5, 5.41) is 11.2. The van der Waals surface area contributed by atoms with Crippen molar-refractivity contribution in [2.75, 3.05) is 5.32 Å². The van der Waals surface area contributed by atoms with Crippen LogP contribution in [0.25, 0.3) is 0 Å². The second kappa shape index (κ2) is 5.27. The molecular formula is C14H8F2N2O. The highest BCUT2D eigenvalue weighted by Gasteiger charge is 2.12. The predicted octanol–water partition coefficient (Wildman–Crippen LogP) is 3.09. The third-order valence-corrected chi connectivity index (χ3v) is 2.48. The van der Waals surface area contributed by atoms with Crippen LogP contribution in [-0.4, -0.2) is 5.91 Å². The van der Waals surface area contributed by atoms with Gasteiger partial charge in [-0.1, -0.05) is 6.07 Å². The molecule has 0 spiro atoms. The van der Waals surface area contributed by atoms with Gasteiger partial charge in [0.1, 0.15) is 23.3 Å². The van der Waals surface area contributed by atoms with Crippen LogP contribution in [0.2, 0.25) is 0 Å². The van der Waals surface area contributed by atoms with Crippen LogP contribution < -0.4 is 5.32 Å². The number of rotatable bonds is 2. The number of nitriles is 1. The summed E-state index contributed by atoms with van der Waals surface area (Å²) in [5.74, 6) is -1.71. The van der Waals surface area contributed by atoms with Gasteiger partial charge >= 0.3 is 0 Å². The number of anilines is 1. The van der Waals surface area contributed by atoms with Gasteiger partial charge in [-0.3, -0.25) is 4.79 Å². The number of hydrogen-bond acceptors (Lipinski definition) is 2. The molecule has 5 heteroatoms. The molecule has 0 heterocycles. The molecule has 0 bridgehead atoms. The van der Waals surface area contributed by atoms with Gasteiger partial charge in [-0.15, -0.1) is 0 Å². The van der Waals surface area contributed by atoms with Crippen molar-refractivity contribution in [1.82, 2.24) is 0 Å². The fourth-order valence-corrected chi connectivity index (χ4v) is 1.54. The minimum atomic E-state index is -0.709. The highest BCUT2D eigenvalue weighted by Crippen LogP contribution is 2.18. The van der Waals surface area contributed by atoms with Gasteiger partial charge in [0, 0.05) is 5.56 Å². The maximum Gasteiger partial charge on any atom is 0.255 e. The number of nitrogens with zero attached hydrogens (tertiary/aromatic N) is 1. The van der Waals surface area contributed by atoms with Crippen LogP contribution in [0.1, 0.15) is 15.9 Å². The predicted molar refractivity (Wildman–Crippen MR) is 65.5 cm³/mol. The Kier molecular flexibility index (Phi) is 3.53. The second-order valence-corrected chi connectivity index (χ2v) is 3.74. The third kappa shape index (κ3) is 2.75. The monoisotopic (exact) mass is 258 g/mol. The van der Waals surface area contributed by atoms with E-state index in [9.17, 15) is 13.6 Å². The van der Waals surface area contributed by atoms with E-state index in [1.54, 1.807) is 6.07 Å². The van der Waals surface area contributed by atoms with E-state index in [-0.39, 0.29) is 16.8 Å². The molecule has 0 aliphatic carbocycles. The normalized spacial score (nSPS) is 9.74. The van der Waals surface area contributed by atoms with Gasteiger partial charge in [0.25, 0.3) is 5.91 Å². The van der Waals surface area contributed by atoms with Crippen molar-refractivity contribution in [3.8, 4) is 6.07 Å². The van der Waals surface area contributed by atoms with Gasteiger partial charge in [0.2, 0.25) is 0 Å². The van der Waals surface area contributed by atoms with E-state index in [1.165, 1.54) is 24.3 Å². The first-order chi connectivity index (χ1) is 9.11. The zero-order valence-electron chi connectivity index (χ0n) is 9.65. The minimum Gasteiger partial charge on any atom is -0.321 e. The molecule has 0 radical (unpaired) electrons. The van der Waals surface area contributed by atoms with Crippen LogP contribution in [-0.2, 0) is 0 Å². The molecule has 19 heavy (non-hydrogen) atoms. The molecular weight excluding hydrogens is 250 g/mol. The van der Waals surface area contributed by atoms with Crippen LogP contribution in [0.3, 0.4) is 0 Å². The Bertz CT molecular complexity index is 660. The standard InChI is InChI=1S/C14H8F2N2O/c15-10-6-4-9(5-7-10)14(19)18-13-3-1-2-12(16)11(13)8-17/h1-7H,(H,18,19). The minimum absolute atomic E-state index is 0.0804. The summed E-state index contributed by atoms with van der Waals surface area (Å²) in [6.45, 7) is 0. The van der Waals surface area contributed by atoms with E-state index in [1.807, 2.05) is 0 Å². The summed E-state index contributed by atoms with van der Waals surface area (Å²) < 4.78 is 26.1. The molecule has 2 rings (SSSR count). The molecule has 2 aromatic rings. The highest BCUT2D eigenvalue weighted by molar-refractivity contribution is 6.04. The maximum absolute atomic E-state index is 13.3. The van der Waals surface area contributed by atoms with E-state index in [4.69, 9.17) is 5.26 Å². The van der Waals surface area contributed by atoms with Crippen LogP contribution >= 0.6 is 0 Å². The van der Waals surface area contributed by atoms with Crippen LogP contribution in [0.4, 0.5) is 14.5 Å². The van der Waals surface area contributed by atoms with E-state index < -0.39 is 17.5 Å². The molecule has 94 valence electrons. The Morgan fingerprint density at radius 1 is 1.11 bits per heavy atom. The average Bonchev–Trinajstić information content (AvgIpc) is 2.39. The van der Waals surface area contributed by atoms with Crippen LogP contribution in [0.5, 0.6) is 0 Å². The number of halogens is 2. The Morgan fingerprint density at radius 3 is 2.42 bits per heavy atom. The lowest BCUT2D eigenvalue weighted by molar-refractivity contribution is 0.102. The van der Waals surface area contributed by atoms with E-state index in [0.717, 1.165) is 18.2 Å². The smallest absolute Gasteiger partial charge is 0.255 e. The molecule has 0 fully saturated rings. The second-order valence-electron chi connectivity index (χ2n) is 3.74. The topological polar surface area (TPSA) is 52.9 Å². The van der Waals surface area contributed by atoms with Crippen molar-refractivity contribution in [2.24, 2.45) is 0 Å². The van der Waals surface area contributed by atoms with Gasteiger partial charge in [0.05, 0.1) is 5.69 Å². The summed E-state index contributed by atoms with van der Waals surface area (Å²) in [6, 6.07) is 10.5. The zero-order valence-corrected chi connectivity index (χ0v) is 9.65. The molecule has 0 saturated carbocycles. The maximum atomic E-state index is 13.3. The van der Waals surface area contributed by atoms with Crippen LogP contribution in [0, 0.1) is 23.0 Å². The first kappa shape index (κ1) is 12.7. The summed E-state index contributed by atoms with van der Waals surface area (Å²) in [5.41, 5.74) is 0.0596. The number of amides is 1. The molecule has 0 unspecified atom stereocenters. The number of carbonyl (C=O) groups excluding carboxylic acids is 1. The Labute approximate surface area is 108 Å². The van der Waals surface area contributed by atoms with E-state index in [2.05, 4.69) is 5.32 Å². The molecule has 1 N–H and O–H groups in total. The van der Waals surface area contributed by atoms with Crippen molar-refractivity contribution in [1.29, 1.82) is 5.26 Å². The number of hydrogen-bond donors (Lipinski definition) is 1. The number of benzene rings is 2. The highest BCUT2D eigenvalue weighted by atomic mass is 19.1. The van der Waals surface area contributed by atoms with Gasteiger partial charge in [0.15, 0.2) is 0 Å². The Balaban J connectivity index is 2.27. The molecule has 3 nitrogen and oxygen atoms in total. The van der Waals surface area contributed by atoms with Crippen molar-refractivity contribution in [3.63, 3.8) is 0 Å². The molecule has 0 atom stereocenters. The molecule has 1 amide bonds. The van der Waals surface area contributed by atoms with Crippen molar-refractivity contribution < 1.29 is 13.6 Å². The number of nitrogens with one attached hydrogen (secondary N) is 1. The van der Waals surface area contributed by atoms with Gasteiger partial charge < -0.3 is 5.32 Å². The first-order valence-corrected chi connectivity index (χ1v) is 5.37. The van der Waals surface area contributed by atoms with Gasteiger partial charge in [-0.2, -0.15) is 5.26 Å². The third-order valence-electron chi connectivity index (χ3n) is 2.48. The lowest BCUT2D eigenvalue weighted by Gasteiger charge is -2.07. The molecule has 0 saturated heterocycles. The largest absolute Gasteiger partial charge is 0.321 e. The average molecular weight is 258 g/mol. The lowest BCUT2D eigenvalue weighted by Crippen LogP contribution is -2.13. The van der Waals surface area contributed by atoms with Gasteiger partial charge in [-0.25, -0.2) is 8.78 Å². The first-order valence-electron chi connectivity index (χ1n) is 5.37. The molecule has 2 aromatic carbocycles. The van der Waals surface area contributed by atoms with Crippen molar-refractivity contribution in [2.45, 2.75) is 0 Å². The summed E-state index contributed by atoms with van der Waals surface area (Å²) >= 11 is 0. The Hall–Kier alpha value is -2.74. The summed E-state index contributed by atoms with van der Waals surface area (Å²) in [6.07, 6.45) is 0.